The van der Waals surface area contributed by atoms with Gasteiger partial charge in [0.1, 0.15) is 0 Å². The molecule has 0 saturated heterocycles. The number of fused-ring (bicyclic) bond motifs is 1. The molecule has 3 rings (SSSR count). The van der Waals surface area contributed by atoms with Gasteiger partial charge in [-0.15, -0.1) is 0 Å². The summed E-state index contributed by atoms with van der Waals surface area (Å²) in [5.41, 5.74) is 4.00. The van der Waals surface area contributed by atoms with Gasteiger partial charge in [0.05, 0.1) is 0 Å². The van der Waals surface area contributed by atoms with Crippen LogP contribution in [0.4, 0.5) is 0 Å². The predicted molar refractivity (Wildman–Crippen MR) is 94.0 cm³/mol. The molecule has 0 aliphatic rings. The van der Waals surface area contributed by atoms with Gasteiger partial charge >= 0.3 is 0 Å². The Kier molecular flexibility index (Phi) is 4.59. The van der Waals surface area contributed by atoms with E-state index in [9.17, 15) is 0 Å². The molecule has 2 aromatic carbocycles. The SMILES string of the molecule is CC(C)CNCc1ccc2ccn(Cc3ccccc3)c2c1. The highest BCUT2D eigenvalue weighted by molar-refractivity contribution is 5.81. The van der Waals surface area contributed by atoms with E-state index in [1.165, 1.54) is 22.0 Å². The molecule has 22 heavy (non-hydrogen) atoms. The Morgan fingerprint density at radius 1 is 0.955 bits per heavy atom. The fourth-order valence-corrected chi connectivity index (χ4v) is 2.76. The fourth-order valence-electron chi connectivity index (χ4n) is 2.76. The number of nitrogens with one attached hydrogen (secondary N) is 1. The van der Waals surface area contributed by atoms with Crippen LogP contribution in [0.3, 0.4) is 0 Å². The molecule has 0 unspecified atom stereocenters. The predicted octanol–water partition coefficient (Wildman–Crippen LogP) is 4.44. The van der Waals surface area contributed by atoms with Crippen LogP contribution in [-0.4, -0.2) is 11.1 Å². The highest BCUT2D eigenvalue weighted by Gasteiger charge is 2.04. The maximum absolute atomic E-state index is 3.52. The molecule has 1 N–H and O–H groups in total. The fraction of sp³-hybridized carbons (Fsp3) is 0.300. The minimum Gasteiger partial charge on any atom is -0.343 e. The van der Waals surface area contributed by atoms with Crippen LogP contribution >= 0.6 is 0 Å². The quantitative estimate of drug-likeness (QED) is 0.711. The number of nitrogens with zero attached hydrogens (tertiary/aromatic N) is 1. The van der Waals surface area contributed by atoms with Crippen molar-refractivity contribution in [3.8, 4) is 0 Å². The van der Waals surface area contributed by atoms with Gasteiger partial charge in [-0.2, -0.15) is 0 Å². The number of rotatable bonds is 6. The van der Waals surface area contributed by atoms with Crippen molar-refractivity contribution < 1.29 is 0 Å². The molecule has 0 saturated carbocycles. The van der Waals surface area contributed by atoms with Crippen LogP contribution in [0.5, 0.6) is 0 Å². The van der Waals surface area contributed by atoms with Gasteiger partial charge < -0.3 is 9.88 Å². The van der Waals surface area contributed by atoms with Crippen molar-refractivity contribution in [1.82, 2.24) is 9.88 Å². The standard InChI is InChI=1S/C20H24N2/c1-16(2)13-21-14-18-8-9-19-10-11-22(20(19)12-18)15-17-6-4-3-5-7-17/h3-12,16,21H,13-15H2,1-2H3. The van der Waals surface area contributed by atoms with Gasteiger partial charge in [-0.3, -0.25) is 0 Å². The summed E-state index contributed by atoms with van der Waals surface area (Å²) in [7, 11) is 0. The summed E-state index contributed by atoms with van der Waals surface area (Å²) < 4.78 is 2.33. The van der Waals surface area contributed by atoms with Gasteiger partial charge in [0, 0.05) is 24.8 Å². The van der Waals surface area contributed by atoms with E-state index in [0.717, 1.165) is 19.6 Å². The van der Waals surface area contributed by atoms with Crippen LogP contribution in [0.1, 0.15) is 25.0 Å². The minimum absolute atomic E-state index is 0.686. The third-order valence-corrected chi connectivity index (χ3v) is 3.92. The van der Waals surface area contributed by atoms with Gasteiger partial charge in [-0.25, -0.2) is 0 Å². The second-order valence-electron chi connectivity index (χ2n) is 6.35. The highest BCUT2D eigenvalue weighted by atomic mass is 14.9. The molecule has 0 aliphatic carbocycles. The lowest BCUT2D eigenvalue weighted by atomic mass is 10.1. The molecule has 0 radical (unpaired) electrons. The van der Waals surface area contributed by atoms with Gasteiger partial charge in [-0.05, 0) is 41.1 Å². The summed E-state index contributed by atoms with van der Waals surface area (Å²) in [6.07, 6.45) is 2.18. The smallest absolute Gasteiger partial charge is 0.0486 e. The summed E-state index contributed by atoms with van der Waals surface area (Å²) in [4.78, 5) is 0. The van der Waals surface area contributed by atoms with Gasteiger partial charge in [0.25, 0.3) is 0 Å². The zero-order chi connectivity index (χ0) is 15.4. The van der Waals surface area contributed by atoms with Gasteiger partial charge in [0.15, 0.2) is 0 Å². The Bertz CT molecular complexity index is 726. The van der Waals surface area contributed by atoms with Crippen LogP contribution in [0.15, 0.2) is 60.8 Å². The van der Waals surface area contributed by atoms with Crippen LogP contribution in [-0.2, 0) is 13.1 Å². The van der Waals surface area contributed by atoms with Gasteiger partial charge in [0.2, 0.25) is 0 Å². The van der Waals surface area contributed by atoms with Crippen LogP contribution < -0.4 is 5.32 Å². The summed E-state index contributed by atoms with van der Waals surface area (Å²) in [6, 6.07) is 19.6. The topological polar surface area (TPSA) is 17.0 Å². The summed E-state index contributed by atoms with van der Waals surface area (Å²) >= 11 is 0. The molecule has 0 aliphatic heterocycles. The first-order chi connectivity index (χ1) is 10.7. The lowest BCUT2D eigenvalue weighted by Gasteiger charge is -2.09. The van der Waals surface area contributed by atoms with E-state index in [2.05, 4.69) is 84.5 Å². The Morgan fingerprint density at radius 2 is 1.77 bits per heavy atom. The normalized spacial score (nSPS) is 11.4. The van der Waals surface area contributed by atoms with Crippen LogP contribution in [0.25, 0.3) is 10.9 Å². The van der Waals surface area contributed by atoms with E-state index in [4.69, 9.17) is 0 Å². The van der Waals surface area contributed by atoms with Crippen molar-refractivity contribution in [1.29, 1.82) is 0 Å². The number of hydrogen-bond acceptors (Lipinski definition) is 1. The number of hydrogen-bond donors (Lipinski definition) is 1. The molecular formula is C20H24N2. The zero-order valence-corrected chi connectivity index (χ0v) is 13.4. The zero-order valence-electron chi connectivity index (χ0n) is 13.4. The molecule has 0 atom stereocenters. The lowest BCUT2D eigenvalue weighted by Crippen LogP contribution is -2.18. The highest BCUT2D eigenvalue weighted by Crippen LogP contribution is 2.19. The maximum Gasteiger partial charge on any atom is 0.0486 e. The van der Waals surface area contributed by atoms with E-state index in [0.29, 0.717) is 5.92 Å². The van der Waals surface area contributed by atoms with Crippen molar-refractivity contribution in [2.45, 2.75) is 26.9 Å². The Balaban J connectivity index is 1.79. The van der Waals surface area contributed by atoms with E-state index < -0.39 is 0 Å². The molecule has 0 spiro atoms. The molecule has 3 aromatic rings. The van der Waals surface area contributed by atoms with E-state index in [-0.39, 0.29) is 0 Å². The first kappa shape index (κ1) is 14.9. The number of aromatic nitrogens is 1. The third-order valence-electron chi connectivity index (χ3n) is 3.92. The Morgan fingerprint density at radius 3 is 2.55 bits per heavy atom. The van der Waals surface area contributed by atoms with Crippen LogP contribution in [0.2, 0.25) is 0 Å². The molecule has 2 heteroatoms. The average molecular weight is 292 g/mol. The molecule has 1 aromatic heterocycles. The van der Waals surface area contributed by atoms with Gasteiger partial charge in [-0.1, -0.05) is 56.3 Å². The summed E-state index contributed by atoms with van der Waals surface area (Å²) in [6.45, 7) is 7.39. The summed E-state index contributed by atoms with van der Waals surface area (Å²) in [5, 5.41) is 4.83. The first-order valence-corrected chi connectivity index (χ1v) is 8.05. The molecular weight excluding hydrogens is 268 g/mol. The second-order valence-corrected chi connectivity index (χ2v) is 6.35. The van der Waals surface area contributed by atoms with Crippen molar-refractivity contribution >= 4 is 10.9 Å². The molecule has 0 fully saturated rings. The van der Waals surface area contributed by atoms with E-state index >= 15 is 0 Å². The molecule has 114 valence electrons. The van der Waals surface area contributed by atoms with E-state index in [1.54, 1.807) is 0 Å². The number of benzene rings is 2. The summed E-state index contributed by atoms with van der Waals surface area (Å²) in [5.74, 6) is 0.686. The second kappa shape index (κ2) is 6.80. The Hall–Kier alpha value is -2.06. The van der Waals surface area contributed by atoms with Crippen molar-refractivity contribution in [3.63, 3.8) is 0 Å². The Labute approximate surface area is 132 Å². The third kappa shape index (κ3) is 3.58. The molecule has 1 heterocycles. The molecule has 0 amide bonds. The van der Waals surface area contributed by atoms with Crippen molar-refractivity contribution in [3.05, 3.63) is 71.9 Å². The minimum atomic E-state index is 0.686. The lowest BCUT2D eigenvalue weighted by molar-refractivity contribution is 0.552. The van der Waals surface area contributed by atoms with Crippen LogP contribution in [0, 0.1) is 5.92 Å². The molecule has 0 bridgehead atoms. The van der Waals surface area contributed by atoms with E-state index in [1.807, 2.05) is 0 Å². The average Bonchev–Trinajstić information content (AvgIpc) is 2.91. The maximum atomic E-state index is 3.52. The monoisotopic (exact) mass is 292 g/mol. The first-order valence-electron chi connectivity index (χ1n) is 8.05. The molecule has 2 nitrogen and oxygen atoms in total. The largest absolute Gasteiger partial charge is 0.343 e. The van der Waals surface area contributed by atoms with Crippen molar-refractivity contribution in [2.75, 3.05) is 6.54 Å². The van der Waals surface area contributed by atoms with Crippen molar-refractivity contribution in [2.24, 2.45) is 5.92 Å².